The van der Waals surface area contributed by atoms with Gasteiger partial charge in [0.15, 0.2) is 15.8 Å². The molecule has 0 saturated carbocycles. The van der Waals surface area contributed by atoms with Gasteiger partial charge in [-0.1, -0.05) is 19.1 Å². The molecule has 1 aromatic carbocycles. The van der Waals surface area contributed by atoms with Gasteiger partial charge in [0.2, 0.25) is 0 Å². The maximum atomic E-state index is 11.8. The first-order valence-electron chi connectivity index (χ1n) is 10.3. The minimum absolute atomic E-state index is 0.384. The predicted molar refractivity (Wildman–Crippen MR) is 117 cm³/mol. The zero-order valence-corrected chi connectivity index (χ0v) is 18.8. The number of rotatable bonds is 7. The van der Waals surface area contributed by atoms with Crippen molar-refractivity contribution in [3.05, 3.63) is 29.3 Å². The second-order valence-corrected chi connectivity index (χ2v) is 10.00. The first-order chi connectivity index (χ1) is 13.2. The molecule has 0 amide bonds. The molecule has 1 aromatic rings. The third-order valence-corrected chi connectivity index (χ3v) is 6.67. The number of benzene rings is 1. The van der Waals surface area contributed by atoms with Crippen molar-refractivity contribution in [1.29, 1.82) is 0 Å². The molecule has 1 heterocycles. The summed E-state index contributed by atoms with van der Waals surface area (Å²) in [5.74, 6) is 1.64. The molecule has 1 saturated heterocycles. The van der Waals surface area contributed by atoms with Gasteiger partial charge in [0.25, 0.3) is 0 Å². The van der Waals surface area contributed by atoms with E-state index in [2.05, 4.69) is 41.3 Å². The monoisotopic (exact) mass is 408 g/mol. The number of nitrogens with zero attached hydrogens (tertiary/aromatic N) is 2. The lowest BCUT2D eigenvalue weighted by Crippen LogP contribution is -2.48. The Morgan fingerprint density at radius 1 is 1.29 bits per heavy atom. The summed E-state index contributed by atoms with van der Waals surface area (Å²) < 4.78 is 23.5. The van der Waals surface area contributed by atoms with Crippen molar-refractivity contribution in [3.63, 3.8) is 0 Å². The molecular weight excluding hydrogens is 372 g/mol. The summed E-state index contributed by atoms with van der Waals surface area (Å²) in [4.78, 5) is 7.60. The summed E-state index contributed by atoms with van der Waals surface area (Å²) in [5.41, 5.74) is 1.77. The van der Waals surface area contributed by atoms with Crippen LogP contribution < -0.4 is 10.6 Å². The molecule has 1 fully saturated rings. The van der Waals surface area contributed by atoms with E-state index in [1.54, 1.807) is 6.07 Å². The highest BCUT2D eigenvalue weighted by Crippen LogP contribution is 2.18. The molecule has 1 atom stereocenters. The van der Waals surface area contributed by atoms with E-state index in [9.17, 15) is 8.42 Å². The standard InChI is InChI=1S/C21H36N4O2S/c1-6-22-21(23-14-18(4)25-11-9-16(2)10-12-25)24-15-19-7-8-20(17(3)13-19)28(5,26)27/h7-8,13,16,18H,6,9-12,14-15H2,1-5H3,(H2,22,23,24). The Balaban J connectivity index is 1.95. The highest BCUT2D eigenvalue weighted by molar-refractivity contribution is 7.90. The fourth-order valence-electron chi connectivity index (χ4n) is 3.58. The van der Waals surface area contributed by atoms with Crippen molar-refractivity contribution in [2.24, 2.45) is 10.9 Å². The number of hydrogen-bond donors (Lipinski definition) is 2. The van der Waals surface area contributed by atoms with Gasteiger partial charge in [-0.3, -0.25) is 4.90 Å². The molecule has 0 radical (unpaired) electrons. The molecule has 0 spiro atoms. The molecule has 1 aliphatic heterocycles. The highest BCUT2D eigenvalue weighted by atomic mass is 32.2. The first kappa shape index (κ1) is 22.7. The number of hydrogen-bond acceptors (Lipinski definition) is 4. The van der Waals surface area contributed by atoms with Gasteiger partial charge in [0.05, 0.1) is 11.4 Å². The molecule has 158 valence electrons. The predicted octanol–water partition coefficient (Wildman–Crippen LogP) is 2.57. The fraction of sp³-hybridized carbons (Fsp3) is 0.667. The van der Waals surface area contributed by atoms with Gasteiger partial charge >= 0.3 is 0 Å². The molecule has 2 rings (SSSR count). The SMILES string of the molecule is CCNC(=NCc1ccc(S(C)(=O)=O)c(C)c1)NCC(C)N1CCC(C)CC1. The van der Waals surface area contributed by atoms with E-state index in [0.29, 0.717) is 17.5 Å². The Bertz CT molecular complexity index is 769. The van der Waals surface area contributed by atoms with Gasteiger partial charge in [-0.05, 0) is 69.8 Å². The lowest BCUT2D eigenvalue weighted by Gasteiger charge is -2.35. The average Bonchev–Trinajstić information content (AvgIpc) is 2.63. The molecule has 0 bridgehead atoms. The van der Waals surface area contributed by atoms with Gasteiger partial charge in [-0.2, -0.15) is 0 Å². The number of sulfone groups is 1. The van der Waals surface area contributed by atoms with Gasteiger partial charge in [-0.25, -0.2) is 13.4 Å². The van der Waals surface area contributed by atoms with Crippen molar-refractivity contribution in [1.82, 2.24) is 15.5 Å². The average molecular weight is 409 g/mol. The Morgan fingerprint density at radius 3 is 2.54 bits per heavy atom. The van der Waals surface area contributed by atoms with Crippen LogP contribution >= 0.6 is 0 Å². The summed E-state index contributed by atoms with van der Waals surface area (Å²) in [7, 11) is -3.19. The van der Waals surface area contributed by atoms with Gasteiger partial charge in [-0.15, -0.1) is 0 Å². The molecule has 1 unspecified atom stereocenters. The number of piperidine rings is 1. The lowest BCUT2D eigenvalue weighted by atomic mass is 9.98. The van der Waals surface area contributed by atoms with E-state index in [1.807, 2.05) is 19.1 Å². The fourth-order valence-corrected chi connectivity index (χ4v) is 4.54. The number of aryl methyl sites for hydroxylation is 1. The Kier molecular flexibility index (Phi) is 8.31. The molecule has 0 aliphatic carbocycles. The Hall–Kier alpha value is -1.60. The van der Waals surface area contributed by atoms with Crippen LogP contribution in [0.3, 0.4) is 0 Å². The van der Waals surface area contributed by atoms with Crippen LogP contribution in [0, 0.1) is 12.8 Å². The number of guanidine groups is 1. The van der Waals surface area contributed by atoms with E-state index < -0.39 is 9.84 Å². The van der Waals surface area contributed by atoms with Gasteiger partial charge in [0, 0.05) is 25.4 Å². The summed E-state index contributed by atoms with van der Waals surface area (Å²) >= 11 is 0. The van der Waals surface area contributed by atoms with Crippen molar-refractivity contribution >= 4 is 15.8 Å². The molecule has 7 heteroatoms. The number of likely N-dealkylation sites (tertiary alicyclic amines) is 1. The van der Waals surface area contributed by atoms with E-state index >= 15 is 0 Å². The quantitative estimate of drug-likeness (QED) is 0.536. The number of nitrogens with one attached hydrogen (secondary N) is 2. The van der Waals surface area contributed by atoms with E-state index in [4.69, 9.17) is 0 Å². The maximum Gasteiger partial charge on any atom is 0.191 e. The largest absolute Gasteiger partial charge is 0.357 e. The third-order valence-electron chi connectivity index (χ3n) is 5.41. The van der Waals surface area contributed by atoms with Gasteiger partial charge < -0.3 is 10.6 Å². The van der Waals surface area contributed by atoms with Crippen molar-refractivity contribution in [2.45, 2.75) is 58.0 Å². The first-order valence-corrected chi connectivity index (χ1v) is 12.2. The van der Waals surface area contributed by atoms with Crippen molar-refractivity contribution in [3.8, 4) is 0 Å². The van der Waals surface area contributed by atoms with Crippen LogP contribution in [0.2, 0.25) is 0 Å². The molecule has 1 aliphatic rings. The molecular formula is C21H36N4O2S. The molecule has 28 heavy (non-hydrogen) atoms. The van der Waals surface area contributed by atoms with E-state index in [0.717, 1.165) is 36.1 Å². The van der Waals surface area contributed by atoms with Crippen molar-refractivity contribution < 1.29 is 8.42 Å². The zero-order chi connectivity index (χ0) is 20.7. The Labute approximate surface area is 170 Å². The summed E-state index contributed by atoms with van der Waals surface area (Å²) in [5, 5.41) is 6.74. The Morgan fingerprint density at radius 2 is 1.96 bits per heavy atom. The summed E-state index contributed by atoms with van der Waals surface area (Å²) in [6.07, 6.45) is 3.80. The normalized spacial score (nSPS) is 18.1. The minimum Gasteiger partial charge on any atom is -0.357 e. The minimum atomic E-state index is -3.19. The lowest BCUT2D eigenvalue weighted by molar-refractivity contribution is 0.147. The summed E-state index contributed by atoms with van der Waals surface area (Å²) in [6.45, 7) is 13.0. The van der Waals surface area contributed by atoms with Crippen LogP contribution in [0.1, 0.15) is 44.7 Å². The zero-order valence-electron chi connectivity index (χ0n) is 18.0. The second-order valence-electron chi connectivity index (χ2n) is 8.02. The van der Waals surface area contributed by atoms with Crippen LogP contribution in [-0.4, -0.2) is 57.8 Å². The molecule has 0 aromatic heterocycles. The number of aliphatic imine (C=N–C) groups is 1. The van der Waals surface area contributed by atoms with E-state index in [-0.39, 0.29) is 0 Å². The van der Waals surface area contributed by atoms with Crippen LogP contribution in [0.5, 0.6) is 0 Å². The van der Waals surface area contributed by atoms with Crippen LogP contribution in [0.15, 0.2) is 28.1 Å². The van der Waals surface area contributed by atoms with Crippen LogP contribution in [0.4, 0.5) is 0 Å². The molecule has 6 nitrogen and oxygen atoms in total. The van der Waals surface area contributed by atoms with Crippen molar-refractivity contribution in [2.75, 3.05) is 32.4 Å². The molecule has 2 N–H and O–H groups in total. The van der Waals surface area contributed by atoms with Crippen LogP contribution in [0.25, 0.3) is 0 Å². The highest BCUT2D eigenvalue weighted by Gasteiger charge is 2.20. The topological polar surface area (TPSA) is 73.8 Å². The maximum absolute atomic E-state index is 11.8. The summed E-state index contributed by atoms with van der Waals surface area (Å²) in [6, 6.07) is 5.89. The van der Waals surface area contributed by atoms with Gasteiger partial charge in [0.1, 0.15) is 0 Å². The van der Waals surface area contributed by atoms with E-state index in [1.165, 1.54) is 32.2 Å². The third kappa shape index (κ3) is 6.78. The smallest absolute Gasteiger partial charge is 0.191 e. The second kappa shape index (κ2) is 10.3. The van der Waals surface area contributed by atoms with Crippen LogP contribution in [-0.2, 0) is 16.4 Å².